The van der Waals surface area contributed by atoms with Crippen molar-refractivity contribution < 1.29 is 24.3 Å². The summed E-state index contributed by atoms with van der Waals surface area (Å²) in [5, 5.41) is 17.2. The molecule has 0 saturated heterocycles. The van der Waals surface area contributed by atoms with E-state index in [1.807, 2.05) is 30.3 Å². The molecule has 45 heavy (non-hydrogen) atoms. The van der Waals surface area contributed by atoms with Crippen LogP contribution in [-0.4, -0.2) is 34.0 Å². The molecule has 0 saturated carbocycles. The molecule has 0 heterocycles. The number of thioether (sulfide) groups is 1. The van der Waals surface area contributed by atoms with E-state index in [9.17, 15) is 24.3 Å². The number of carboxylic acid groups (broad SMARTS) is 1. The Balaban J connectivity index is 1.44. The van der Waals surface area contributed by atoms with Crippen LogP contribution in [0.3, 0.4) is 0 Å². The van der Waals surface area contributed by atoms with E-state index in [-0.39, 0.29) is 17.2 Å². The van der Waals surface area contributed by atoms with Gasteiger partial charge in [0.05, 0.1) is 10.8 Å². The maximum atomic E-state index is 13.4. The van der Waals surface area contributed by atoms with Gasteiger partial charge in [-0.15, -0.1) is 11.8 Å². The molecule has 0 aliphatic rings. The van der Waals surface area contributed by atoms with Crippen molar-refractivity contribution in [1.82, 2.24) is 5.32 Å². The predicted molar refractivity (Wildman–Crippen MR) is 180 cm³/mol. The maximum absolute atomic E-state index is 13.4. The Morgan fingerprint density at radius 2 is 1.44 bits per heavy atom. The summed E-state index contributed by atoms with van der Waals surface area (Å²) in [7, 11) is 0. The second-order valence-corrected chi connectivity index (χ2v) is 12.2. The number of hydrogen-bond donors (Lipinski definition) is 4. The topological polar surface area (TPSA) is 125 Å². The molecule has 230 valence electrons. The number of carbonyl (C=O) groups is 4. The SMILES string of the molecule is Cc1ccc(C(=O)O)cc1NC(=O)C(C)Sc1ccc(NC(=O)/C(=C/c2ccc(C(C)C)cc2)NC(=O)c2ccccc2)cc1. The first-order valence-electron chi connectivity index (χ1n) is 14.4. The molecule has 8 nitrogen and oxygen atoms in total. The highest BCUT2D eigenvalue weighted by molar-refractivity contribution is 8.00. The van der Waals surface area contributed by atoms with Crippen molar-refractivity contribution in [1.29, 1.82) is 0 Å². The lowest BCUT2D eigenvalue weighted by molar-refractivity contribution is -0.115. The van der Waals surface area contributed by atoms with E-state index < -0.39 is 23.0 Å². The van der Waals surface area contributed by atoms with E-state index in [1.54, 1.807) is 74.5 Å². The van der Waals surface area contributed by atoms with E-state index in [4.69, 9.17) is 0 Å². The molecule has 4 aromatic rings. The van der Waals surface area contributed by atoms with Crippen LogP contribution in [-0.2, 0) is 9.59 Å². The van der Waals surface area contributed by atoms with Crippen molar-refractivity contribution in [2.75, 3.05) is 10.6 Å². The summed E-state index contributed by atoms with van der Waals surface area (Å²) in [6, 6.07) is 28.1. The molecule has 3 amide bonds. The van der Waals surface area contributed by atoms with Crippen molar-refractivity contribution in [3.05, 3.63) is 131 Å². The van der Waals surface area contributed by atoms with Crippen molar-refractivity contribution in [2.45, 2.75) is 43.8 Å². The first-order chi connectivity index (χ1) is 21.5. The molecule has 9 heteroatoms. The molecule has 4 rings (SSSR count). The van der Waals surface area contributed by atoms with Gasteiger partial charge in [0.15, 0.2) is 0 Å². The van der Waals surface area contributed by atoms with E-state index in [2.05, 4.69) is 29.8 Å². The summed E-state index contributed by atoms with van der Waals surface area (Å²) < 4.78 is 0. The zero-order valence-electron chi connectivity index (χ0n) is 25.5. The summed E-state index contributed by atoms with van der Waals surface area (Å²) in [5.74, 6) is -1.86. The van der Waals surface area contributed by atoms with Crippen LogP contribution in [0.5, 0.6) is 0 Å². The number of carboxylic acids is 1. The van der Waals surface area contributed by atoms with Gasteiger partial charge in [0.1, 0.15) is 5.70 Å². The second kappa shape index (κ2) is 15.0. The normalized spacial score (nSPS) is 11.9. The van der Waals surface area contributed by atoms with Crippen molar-refractivity contribution in [3.63, 3.8) is 0 Å². The van der Waals surface area contributed by atoms with Gasteiger partial charge in [-0.1, -0.05) is 62.4 Å². The van der Waals surface area contributed by atoms with E-state index in [1.165, 1.54) is 29.5 Å². The minimum absolute atomic E-state index is 0.0900. The maximum Gasteiger partial charge on any atom is 0.335 e. The van der Waals surface area contributed by atoms with Crippen LogP contribution in [0.1, 0.15) is 64.1 Å². The standard InChI is InChI=1S/C36H35N3O5S/c1-22(2)26-14-11-25(12-15-26)20-32(39-34(41)27-8-6-5-7-9-27)35(42)37-29-16-18-30(19-17-29)45-24(4)33(40)38-31-21-28(36(43)44)13-10-23(31)3/h5-22,24H,1-4H3,(H,37,42)(H,38,40)(H,39,41)(H,43,44)/b32-20-. The monoisotopic (exact) mass is 621 g/mol. The first-order valence-corrected chi connectivity index (χ1v) is 15.3. The Bertz CT molecular complexity index is 1720. The first kappa shape index (κ1) is 32.8. The quantitative estimate of drug-likeness (QED) is 0.103. The van der Waals surface area contributed by atoms with Crippen LogP contribution < -0.4 is 16.0 Å². The molecule has 0 aliphatic heterocycles. The minimum atomic E-state index is -1.07. The molecule has 4 N–H and O–H groups in total. The highest BCUT2D eigenvalue weighted by atomic mass is 32.2. The lowest BCUT2D eigenvalue weighted by Crippen LogP contribution is -2.30. The van der Waals surface area contributed by atoms with Crippen LogP contribution in [0.4, 0.5) is 11.4 Å². The Labute approximate surface area is 267 Å². The summed E-state index contributed by atoms with van der Waals surface area (Å²) in [6.45, 7) is 7.76. The molecule has 0 radical (unpaired) electrons. The van der Waals surface area contributed by atoms with Crippen molar-refractivity contribution in [3.8, 4) is 0 Å². The zero-order valence-corrected chi connectivity index (χ0v) is 26.3. The third-order valence-electron chi connectivity index (χ3n) is 6.98. The highest BCUT2D eigenvalue weighted by Crippen LogP contribution is 2.27. The minimum Gasteiger partial charge on any atom is -0.478 e. The van der Waals surface area contributed by atoms with Crippen molar-refractivity contribution >= 4 is 52.9 Å². The number of hydrogen-bond acceptors (Lipinski definition) is 5. The lowest BCUT2D eigenvalue weighted by atomic mass is 10.0. The fourth-order valence-corrected chi connectivity index (χ4v) is 5.15. The van der Waals surface area contributed by atoms with Crippen molar-refractivity contribution in [2.24, 2.45) is 0 Å². The molecular formula is C36H35N3O5S. The van der Waals surface area contributed by atoms with Gasteiger partial charge in [0.25, 0.3) is 11.8 Å². The Morgan fingerprint density at radius 3 is 2.07 bits per heavy atom. The molecule has 1 atom stereocenters. The van der Waals surface area contributed by atoms with E-state index in [0.29, 0.717) is 22.9 Å². The average molecular weight is 622 g/mol. The number of aryl methyl sites for hydroxylation is 1. The van der Waals surface area contributed by atoms with Gasteiger partial charge < -0.3 is 21.1 Å². The van der Waals surface area contributed by atoms with E-state index >= 15 is 0 Å². The zero-order chi connectivity index (χ0) is 32.5. The summed E-state index contributed by atoms with van der Waals surface area (Å²) >= 11 is 1.32. The number of anilines is 2. The van der Waals surface area contributed by atoms with Crippen LogP contribution >= 0.6 is 11.8 Å². The fraction of sp³-hybridized carbons (Fsp3) is 0.167. The second-order valence-electron chi connectivity index (χ2n) is 10.8. The summed E-state index contributed by atoms with van der Waals surface area (Å²) in [6.07, 6.45) is 1.64. The van der Waals surface area contributed by atoms with Crippen LogP contribution in [0.2, 0.25) is 0 Å². The van der Waals surface area contributed by atoms with Gasteiger partial charge in [-0.25, -0.2) is 4.79 Å². The van der Waals surface area contributed by atoms with Gasteiger partial charge in [-0.2, -0.15) is 0 Å². The smallest absolute Gasteiger partial charge is 0.335 e. The molecule has 1 unspecified atom stereocenters. The van der Waals surface area contributed by atoms with Crippen LogP contribution in [0.15, 0.2) is 108 Å². The van der Waals surface area contributed by atoms with Gasteiger partial charge in [-0.05, 0) is 91.1 Å². The summed E-state index contributed by atoms with van der Waals surface area (Å²) in [5.41, 5.74) is 4.26. The van der Waals surface area contributed by atoms with Gasteiger partial charge in [0.2, 0.25) is 5.91 Å². The van der Waals surface area contributed by atoms with Gasteiger partial charge in [-0.3, -0.25) is 14.4 Å². The Hall–Kier alpha value is -5.15. The molecule has 0 fully saturated rings. The fourth-order valence-electron chi connectivity index (χ4n) is 4.28. The molecule has 0 aliphatic carbocycles. The third kappa shape index (κ3) is 9.17. The number of benzene rings is 4. The molecule has 0 spiro atoms. The Morgan fingerprint density at radius 1 is 0.778 bits per heavy atom. The molecule has 0 aromatic heterocycles. The van der Waals surface area contributed by atoms with E-state index in [0.717, 1.165) is 16.0 Å². The number of rotatable bonds is 11. The highest BCUT2D eigenvalue weighted by Gasteiger charge is 2.18. The Kier molecular flexibility index (Phi) is 10.9. The van der Waals surface area contributed by atoms with Crippen LogP contribution in [0, 0.1) is 6.92 Å². The third-order valence-corrected chi connectivity index (χ3v) is 8.09. The average Bonchev–Trinajstić information content (AvgIpc) is 3.03. The number of aromatic carboxylic acids is 1. The number of amides is 3. The predicted octanol–water partition coefficient (Wildman–Crippen LogP) is 7.35. The molecule has 4 aromatic carbocycles. The van der Waals surface area contributed by atoms with Crippen LogP contribution in [0.25, 0.3) is 6.08 Å². The molecular weight excluding hydrogens is 586 g/mol. The lowest BCUT2D eigenvalue weighted by Gasteiger charge is -2.15. The summed E-state index contributed by atoms with van der Waals surface area (Å²) in [4.78, 5) is 51.3. The van der Waals surface area contributed by atoms with Gasteiger partial charge in [0, 0.05) is 21.8 Å². The number of carbonyl (C=O) groups excluding carboxylic acids is 3. The number of nitrogens with one attached hydrogen (secondary N) is 3. The molecule has 0 bridgehead atoms. The van der Waals surface area contributed by atoms with Gasteiger partial charge >= 0.3 is 5.97 Å². The largest absolute Gasteiger partial charge is 0.478 e.